The van der Waals surface area contributed by atoms with E-state index in [2.05, 4.69) is 26.8 Å². The van der Waals surface area contributed by atoms with E-state index >= 15 is 0 Å². The van der Waals surface area contributed by atoms with Gasteiger partial charge in [-0.05, 0) is 44.4 Å². The van der Waals surface area contributed by atoms with Gasteiger partial charge in [0.25, 0.3) is 0 Å². The SMILES string of the molecule is CC1=CC[C@@H](CCCC(C)O)C1(C)C. The third-order valence-corrected chi connectivity index (χ3v) is 3.92. The summed E-state index contributed by atoms with van der Waals surface area (Å²) >= 11 is 0. The van der Waals surface area contributed by atoms with Gasteiger partial charge in [0.15, 0.2) is 0 Å². The van der Waals surface area contributed by atoms with Crippen LogP contribution in [0.1, 0.15) is 53.4 Å². The van der Waals surface area contributed by atoms with Crippen molar-refractivity contribution in [3.8, 4) is 0 Å². The van der Waals surface area contributed by atoms with Gasteiger partial charge in [0.05, 0.1) is 6.10 Å². The number of aliphatic hydroxyl groups excluding tert-OH is 1. The summed E-state index contributed by atoms with van der Waals surface area (Å²) in [5, 5.41) is 9.20. The summed E-state index contributed by atoms with van der Waals surface area (Å²) in [4.78, 5) is 0. The molecule has 1 unspecified atom stereocenters. The molecular weight excluding hydrogens is 172 g/mol. The first-order valence-electron chi connectivity index (χ1n) is 5.80. The normalized spacial score (nSPS) is 27.5. The Morgan fingerprint density at radius 3 is 2.64 bits per heavy atom. The quantitative estimate of drug-likeness (QED) is 0.682. The summed E-state index contributed by atoms with van der Waals surface area (Å²) in [6.45, 7) is 8.82. The van der Waals surface area contributed by atoms with Gasteiger partial charge in [-0.15, -0.1) is 0 Å². The molecule has 1 N–H and O–H groups in total. The van der Waals surface area contributed by atoms with Crippen molar-refractivity contribution < 1.29 is 5.11 Å². The van der Waals surface area contributed by atoms with Crippen molar-refractivity contribution in [2.45, 2.75) is 59.5 Å². The molecule has 0 bridgehead atoms. The molecule has 1 aliphatic rings. The lowest BCUT2D eigenvalue weighted by molar-refractivity contribution is 0.171. The highest BCUT2D eigenvalue weighted by molar-refractivity contribution is 5.17. The third-order valence-electron chi connectivity index (χ3n) is 3.92. The van der Waals surface area contributed by atoms with Crippen molar-refractivity contribution in [1.82, 2.24) is 0 Å². The number of aliphatic hydroxyl groups is 1. The molecule has 0 heterocycles. The Labute approximate surface area is 88.2 Å². The molecule has 1 aliphatic carbocycles. The fourth-order valence-electron chi connectivity index (χ4n) is 2.34. The molecule has 1 rings (SSSR count). The highest BCUT2D eigenvalue weighted by atomic mass is 16.3. The van der Waals surface area contributed by atoms with Crippen LogP contribution in [-0.4, -0.2) is 11.2 Å². The Balaban J connectivity index is 2.34. The topological polar surface area (TPSA) is 20.2 Å². The van der Waals surface area contributed by atoms with Gasteiger partial charge in [-0.1, -0.05) is 31.9 Å². The molecule has 1 nitrogen and oxygen atoms in total. The van der Waals surface area contributed by atoms with Crippen LogP contribution >= 0.6 is 0 Å². The molecule has 0 fully saturated rings. The minimum atomic E-state index is -0.131. The summed E-state index contributed by atoms with van der Waals surface area (Å²) in [6.07, 6.45) is 6.85. The minimum Gasteiger partial charge on any atom is -0.393 e. The van der Waals surface area contributed by atoms with Crippen LogP contribution in [-0.2, 0) is 0 Å². The second-order valence-corrected chi connectivity index (χ2v) is 5.32. The smallest absolute Gasteiger partial charge is 0.0512 e. The van der Waals surface area contributed by atoms with Crippen molar-refractivity contribution in [2.75, 3.05) is 0 Å². The fourth-order valence-corrected chi connectivity index (χ4v) is 2.34. The summed E-state index contributed by atoms with van der Waals surface area (Å²) < 4.78 is 0. The van der Waals surface area contributed by atoms with Crippen LogP contribution in [0.5, 0.6) is 0 Å². The Morgan fingerprint density at radius 1 is 1.57 bits per heavy atom. The van der Waals surface area contributed by atoms with Gasteiger partial charge in [0.1, 0.15) is 0 Å². The monoisotopic (exact) mass is 196 g/mol. The van der Waals surface area contributed by atoms with Crippen LogP contribution in [0.3, 0.4) is 0 Å². The summed E-state index contributed by atoms with van der Waals surface area (Å²) in [5.74, 6) is 0.793. The number of hydrogen-bond donors (Lipinski definition) is 1. The van der Waals surface area contributed by atoms with Crippen LogP contribution in [0.4, 0.5) is 0 Å². The van der Waals surface area contributed by atoms with Crippen molar-refractivity contribution in [1.29, 1.82) is 0 Å². The van der Waals surface area contributed by atoms with Crippen molar-refractivity contribution in [3.05, 3.63) is 11.6 Å². The van der Waals surface area contributed by atoms with Gasteiger partial charge in [-0.3, -0.25) is 0 Å². The zero-order chi connectivity index (χ0) is 10.8. The van der Waals surface area contributed by atoms with Crippen LogP contribution in [0, 0.1) is 11.3 Å². The zero-order valence-corrected chi connectivity index (χ0v) is 10.0. The van der Waals surface area contributed by atoms with E-state index in [1.165, 1.54) is 12.8 Å². The molecule has 0 spiro atoms. The molecule has 1 heteroatoms. The Bertz CT molecular complexity index is 213. The lowest BCUT2D eigenvalue weighted by atomic mass is 9.75. The predicted octanol–water partition coefficient (Wildman–Crippen LogP) is 3.53. The van der Waals surface area contributed by atoms with Crippen molar-refractivity contribution in [3.63, 3.8) is 0 Å². The Kier molecular flexibility index (Phi) is 3.77. The molecule has 14 heavy (non-hydrogen) atoms. The average Bonchev–Trinajstić information content (AvgIpc) is 2.30. The highest BCUT2D eigenvalue weighted by Gasteiger charge is 2.33. The Hall–Kier alpha value is -0.300. The van der Waals surface area contributed by atoms with E-state index in [-0.39, 0.29) is 6.10 Å². The first-order chi connectivity index (χ1) is 6.44. The van der Waals surface area contributed by atoms with Crippen LogP contribution in [0.2, 0.25) is 0 Å². The maximum atomic E-state index is 9.20. The zero-order valence-electron chi connectivity index (χ0n) is 10.0. The van der Waals surface area contributed by atoms with Gasteiger partial charge >= 0.3 is 0 Å². The first kappa shape index (κ1) is 11.8. The molecule has 0 radical (unpaired) electrons. The van der Waals surface area contributed by atoms with Crippen molar-refractivity contribution in [2.24, 2.45) is 11.3 Å². The second kappa shape index (κ2) is 4.48. The van der Waals surface area contributed by atoms with Crippen LogP contribution < -0.4 is 0 Å². The van der Waals surface area contributed by atoms with E-state index in [0.29, 0.717) is 5.41 Å². The summed E-state index contributed by atoms with van der Waals surface area (Å²) in [6, 6.07) is 0. The summed E-state index contributed by atoms with van der Waals surface area (Å²) in [7, 11) is 0. The van der Waals surface area contributed by atoms with E-state index in [4.69, 9.17) is 0 Å². The molecule has 0 aliphatic heterocycles. The lowest BCUT2D eigenvalue weighted by Gasteiger charge is -2.29. The van der Waals surface area contributed by atoms with E-state index in [1.54, 1.807) is 5.57 Å². The number of allylic oxidation sites excluding steroid dienone is 2. The Morgan fingerprint density at radius 2 is 2.21 bits per heavy atom. The fraction of sp³-hybridized carbons (Fsp3) is 0.846. The first-order valence-corrected chi connectivity index (χ1v) is 5.80. The van der Waals surface area contributed by atoms with Gasteiger partial charge in [-0.25, -0.2) is 0 Å². The molecule has 0 saturated carbocycles. The maximum Gasteiger partial charge on any atom is 0.0512 e. The molecule has 82 valence electrons. The van der Waals surface area contributed by atoms with Gasteiger partial charge in [0, 0.05) is 0 Å². The molecule has 0 saturated heterocycles. The minimum absolute atomic E-state index is 0.131. The van der Waals surface area contributed by atoms with Gasteiger partial charge in [-0.2, -0.15) is 0 Å². The largest absolute Gasteiger partial charge is 0.393 e. The lowest BCUT2D eigenvalue weighted by Crippen LogP contribution is -2.20. The maximum absolute atomic E-state index is 9.20. The highest BCUT2D eigenvalue weighted by Crippen LogP contribution is 2.45. The molecule has 0 amide bonds. The van der Waals surface area contributed by atoms with E-state index < -0.39 is 0 Å². The molecule has 0 aromatic carbocycles. The molecular formula is C13H24O. The van der Waals surface area contributed by atoms with Crippen LogP contribution in [0.15, 0.2) is 11.6 Å². The average molecular weight is 196 g/mol. The molecule has 0 aromatic heterocycles. The molecule has 0 aromatic rings. The predicted molar refractivity (Wildman–Crippen MR) is 61.2 cm³/mol. The summed E-state index contributed by atoms with van der Waals surface area (Å²) in [5.41, 5.74) is 1.93. The van der Waals surface area contributed by atoms with E-state index in [1.807, 2.05) is 6.92 Å². The van der Waals surface area contributed by atoms with E-state index in [9.17, 15) is 5.11 Å². The van der Waals surface area contributed by atoms with Gasteiger partial charge in [0.2, 0.25) is 0 Å². The second-order valence-electron chi connectivity index (χ2n) is 5.32. The standard InChI is InChI=1S/C13H24O/c1-10-8-9-12(13(10,3)4)7-5-6-11(2)14/h8,11-12,14H,5-7,9H2,1-4H3/t11?,12-/m1/s1. The third kappa shape index (κ3) is 2.60. The van der Waals surface area contributed by atoms with E-state index in [0.717, 1.165) is 18.8 Å². The number of hydrogen-bond acceptors (Lipinski definition) is 1. The van der Waals surface area contributed by atoms with Crippen LogP contribution in [0.25, 0.3) is 0 Å². The van der Waals surface area contributed by atoms with Crippen molar-refractivity contribution >= 4 is 0 Å². The van der Waals surface area contributed by atoms with Gasteiger partial charge < -0.3 is 5.11 Å². The molecule has 2 atom stereocenters. The number of rotatable bonds is 4.